The van der Waals surface area contributed by atoms with Crippen LogP contribution in [0, 0.1) is 0 Å². The molecule has 14 rings (SSSR count). The average molecular weight is 870 g/mol. The summed E-state index contributed by atoms with van der Waals surface area (Å²) in [4.78, 5) is 7.43. The number of anilines is 9. The molecule has 1 aliphatic carbocycles. The van der Waals surface area contributed by atoms with Gasteiger partial charge in [0, 0.05) is 67.4 Å². The Morgan fingerprint density at radius 3 is 1.87 bits per heavy atom. The fraction of sp³-hybridized carbons (Fsp3) is 0.0476. The molecule has 4 nitrogen and oxygen atoms in total. The lowest BCUT2D eigenvalue weighted by Gasteiger charge is -2.44. The van der Waals surface area contributed by atoms with E-state index in [1.54, 1.807) is 0 Å². The molecular weight excluding hydrogens is 826 g/mol. The zero-order valence-corrected chi connectivity index (χ0v) is 37.8. The van der Waals surface area contributed by atoms with Gasteiger partial charge in [-0.1, -0.05) is 153 Å². The fourth-order valence-corrected chi connectivity index (χ4v) is 11.7. The SMILES string of the molecule is CC1(C)c2ccccc2-c2ccc(N3c4cc(N(c5ccccc5)c5cccc(-c6ccccc6)c5)ccc4B4c5ccccc5N(c5ccc6oc7ccccc7c6c5)c5cccc3c54)cc21. The highest BCUT2D eigenvalue weighted by molar-refractivity contribution is 7.00. The zero-order valence-electron chi connectivity index (χ0n) is 37.8. The summed E-state index contributed by atoms with van der Waals surface area (Å²) in [6, 6.07) is 84.6. The van der Waals surface area contributed by atoms with Crippen molar-refractivity contribution in [2.45, 2.75) is 19.3 Å². The molecule has 11 aromatic rings. The van der Waals surface area contributed by atoms with Crippen molar-refractivity contribution >= 4 is 96.2 Å². The highest BCUT2D eigenvalue weighted by Gasteiger charge is 2.44. The maximum Gasteiger partial charge on any atom is 0.252 e. The Morgan fingerprint density at radius 2 is 1.00 bits per heavy atom. The van der Waals surface area contributed by atoms with Gasteiger partial charge in [0.1, 0.15) is 11.2 Å². The van der Waals surface area contributed by atoms with Crippen LogP contribution in [0.5, 0.6) is 0 Å². The third-order valence-electron chi connectivity index (χ3n) is 14.8. The number of benzene rings is 10. The summed E-state index contributed by atoms with van der Waals surface area (Å²) in [5, 5.41) is 2.23. The second kappa shape index (κ2) is 14.7. The third-order valence-corrected chi connectivity index (χ3v) is 14.8. The number of furan rings is 1. The van der Waals surface area contributed by atoms with E-state index in [0.29, 0.717) is 0 Å². The highest BCUT2D eigenvalue weighted by atomic mass is 16.3. The molecule has 0 unspecified atom stereocenters. The molecule has 0 atom stereocenters. The van der Waals surface area contributed by atoms with Crippen molar-refractivity contribution in [1.82, 2.24) is 0 Å². The molecule has 0 bridgehead atoms. The van der Waals surface area contributed by atoms with Gasteiger partial charge in [-0.25, -0.2) is 0 Å². The quantitative estimate of drug-likeness (QED) is 0.155. The van der Waals surface area contributed by atoms with Crippen molar-refractivity contribution in [3.05, 3.63) is 242 Å². The van der Waals surface area contributed by atoms with E-state index in [4.69, 9.17) is 4.42 Å². The molecule has 5 heteroatoms. The van der Waals surface area contributed by atoms with Gasteiger partial charge in [0.25, 0.3) is 6.71 Å². The Kier molecular flexibility index (Phi) is 8.39. The summed E-state index contributed by atoms with van der Waals surface area (Å²) >= 11 is 0. The molecule has 2 aliphatic heterocycles. The van der Waals surface area contributed by atoms with Crippen LogP contribution in [-0.2, 0) is 5.41 Å². The topological polar surface area (TPSA) is 22.9 Å². The van der Waals surface area contributed by atoms with Crippen LogP contribution in [0.3, 0.4) is 0 Å². The standard InChI is InChI=1S/C63H44BN3O/c1-63(2)52-25-11-9-23-48(52)49-34-31-46(39-53(49)63)67-58-29-16-28-57-62(58)64(54-26-12-13-27-56(54)66(57)45-33-36-61-51(38-45)50-24-10-14-30-60(50)68-61)55-35-32-47(40-59(55)67)65(43-20-7-4-8-21-43)44-22-15-19-42(37-44)41-17-5-3-6-18-41/h3-40H,1-2H3. The molecule has 0 saturated carbocycles. The summed E-state index contributed by atoms with van der Waals surface area (Å²) in [6.07, 6.45) is 0. The molecular formula is C63H44BN3O. The van der Waals surface area contributed by atoms with E-state index in [1.807, 2.05) is 6.07 Å². The monoisotopic (exact) mass is 869 g/mol. The number of hydrogen-bond acceptors (Lipinski definition) is 4. The van der Waals surface area contributed by atoms with Crippen LogP contribution in [0.4, 0.5) is 51.2 Å². The number of fused-ring (bicyclic) bond motifs is 10. The van der Waals surface area contributed by atoms with Crippen LogP contribution >= 0.6 is 0 Å². The van der Waals surface area contributed by atoms with E-state index in [9.17, 15) is 0 Å². The Morgan fingerprint density at radius 1 is 0.397 bits per heavy atom. The molecule has 68 heavy (non-hydrogen) atoms. The molecule has 0 fully saturated rings. The van der Waals surface area contributed by atoms with Crippen molar-refractivity contribution in [2.75, 3.05) is 14.7 Å². The van der Waals surface area contributed by atoms with Crippen molar-refractivity contribution < 1.29 is 4.42 Å². The Bertz CT molecular complexity index is 3820. The number of rotatable bonds is 6. The first-order chi connectivity index (χ1) is 33.5. The minimum Gasteiger partial charge on any atom is -0.456 e. The number of nitrogens with zero attached hydrogens (tertiary/aromatic N) is 3. The number of para-hydroxylation sites is 3. The van der Waals surface area contributed by atoms with E-state index < -0.39 is 0 Å². The van der Waals surface area contributed by atoms with Crippen molar-refractivity contribution in [1.29, 1.82) is 0 Å². The van der Waals surface area contributed by atoms with Crippen LogP contribution in [0.2, 0.25) is 0 Å². The molecule has 10 aromatic carbocycles. The molecule has 0 spiro atoms. The molecule has 3 aliphatic rings. The van der Waals surface area contributed by atoms with E-state index in [1.165, 1.54) is 72.5 Å². The third kappa shape index (κ3) is 5.69. The second-order valence-electron chi connectivity index (χ2n) is 18.9. The van der Waals surface area contributed by atoms with Crippen molar-refractivity contribution in [2.24, 2.45) is 0 Å². The summed E-state index contributed by atoms with van der Waals surface area (Å²) < 4.78 is 6.35. The second-order valence-corrected chi connectivity index (χ2v) is 18.9. The van der Waals surface area contributed by atoms with Gasteiger partial charge in [-0.3, -0.25) is 0 Å². The fourth-order valence-electron chi connectivity index (χ4n) is 11.7. The van der Waals surface area contributed by atoms with Gasteiger partial charge in [-0.15, -0.1) is 0 Å². The highest BCUT2D eigenvalue weighted by Crippen LogP contribution is 2.52. The van der Waals surface area contributed by atoms with Crippen LogP contribution in [0.25, 0.3) is 44.2 Å². The Balaban J connectivity index is 1.01. The van der Waals surface area contributed by atoms with Crippen LogP contribution in [0.1, 0.15) is 25.0 Å². The first-order valence-corrected chi connectivity index (χ1v) is 23.6. The summed E-state index contributed by atoms with van der Waals surface area (Å²) in [5.74, 6) is 0. The van der Waals surface area contributed by atoms with Gasteiger partial charge >= 0.3 is 0 Å². The molecule has 0 amide bonds. The first kappa shape index (κ1) is 38.7. The minimum absolute atomic E-state index is 0.0193. The normalized spacial score (nSPS) is 13.8. The average Bonchev–Trinajstić information content (AvgIpc) is 3.87. The van der Waals surface area contributed by atoms with E-state index in [-0.39, 0.29) is 12.1 Å². The maximum atomic E-state index is 6.35. The first-order valence-electron chi connectivity index (χ1n) is 23.6. The lowest BCUT2D eigenvalue weighted by Crippen LogP contribution is -2.61. The van der Waals surface area contributed by atoms with E-state index in [0.717, 1.165) is 50.4 Å². The van der Waals surface area contributed by atoms with E-state index >= 15 is 0 Å². The van der Waals surface area contributed by atoms with Gasteiger partial charge in [0.05, 0.1) is 0 Å². The predicted octanol–water partition coefficient (Wildman–Crippen LogP) is 15.1. The van der Waals surface area contributed by atoms with Crippen LogP contribution in [-0.4, -0.2) is 6.71 Å². The predicted molar refractivity (Wildman–Crippen MR) is 285 cm³/mol. The number of hydrogen-bond donors (Lipinski definition) is 0. The van der Waals surface area contributed by atoms with Gasteiger partial charge < -0.3 is 19.1 Å². The molecule has 3 heterocycles. The van der Waals surface area contributed by atoms with Crippen molar-refractivity contribution in [3.63, 3.8) is 0 Å². The summed E-state index contributed by atoms with van der Waals surface area (Å²) in [5.41, 5.74) is 23.4. The summed E-state index contributed by atoms with van der Waals surface area (Å²) in [7, 11) is 0. The molecule has 320 valence electrons. The molecule has 0 N–H and O–H groups in total. The zero-order chi connectivity index (χ0) is 45.1. The van der Waals surface area contributed by atoms with Crippen LogP contribution in [0.15, 0.2) is 235 Å². The molecule has 0 saturated heterocycles. The van der Waals surface area contributed by atoms with Crippen molar-refractivity contribution in [3.8, 4) is 22.3 Å². The Hall–Kier alpha value is -8.54. The lowest BCUT2D eigenvalue weighted by molar-refractivity contribution is 0.660. The van der Waals surface area contributed by atoms with E-state index in [2.05, 4.69) is 253 Å². The largest absolute Gasteiger partial charge is 0.456 e. The van der Waals surface area contributed by atoms with Gasteiger partial charge in [0.2, 0.25) is 0 Å². The van der Waals surface area contributed by atoms with Crippen LogP contribution < -0.4 is 31.1 Å². The van der Waals surface area contributed by atoms with Gasteiger partial charge in [-0.2, -0.15) is 0 Å². The Labute approximate surface area is 396 Å². The van der Waals surface area contributed by atoms with Gasteiger partial charge in [0.15, 0.2) is 0 Å². The molecule has 1 aromatic heterocycles. The maximum absolute atomic E-state index is 6.35. The lowest BCUT2D eigenvalue weighted by atomic mass is 9.33. The smallest absolute Gasteiger partial charge is 0.252 e. The minimum atomic E-state index is -0.166. The molecule has 0 radical (unpaired) electrons. The van der Waals surface area contributed by atoms with Gasteiger partial charge in [-0.05, 0) is 141 Å². The summed E-state index contributed by atoms with van der Waals surface area (Å²) in [6.45, 7) is 4.73.